The van der Waals surface area contributed by atoms with Crippen LogP contribution in [0.4, 0.5) is 10.1 Å². The molecule has 0 bridgehead atoms. The van der Waals surface area contributed by atoms with Gasteiger partial charge in [-0.3, -0.25) is 19.8 Å². The van der Waals surface area contributed by atoms with Gasteiger partial charge in [-0.05, 0) is 35.1 Å². The van der Waals surface area contributed by atoms with Gasteiger partial charge in [-0.1, -0.05) is 52.0 Å². The van der Waals surface area contributed by atoms with Gasteiger partial charge in [0.1, 0.15) is 5.82 Å². The number of nitro benzene ring substituents is 1. The van der Waals surface area contributed by atoms with Crippen LogP contribution in [0.2, 0.25) is 0 Å². The van der Waals surface area contributed by atoms with Gasteiger partial charge >= 0.3 is 0 Å². The Labute approximate surface area is 195 Å². The molecule has 0 spiro atoms. The SMILES string of the molecule is CC(C)CN(CC1CN(Cc2ccc([N+](=O)[O-])cc2)CC1c1ccc(F)cc1)C(=O)C(C)C. The molecule has 2 aromatic carbocycles. The molecule has 1 aliphatic rings. The van der Waals surface area contributed by atoms with E-state index in [-0.39, 0.29) is 35.2 Å². The molecule has 7 heteroatoms. The van der Waals surface area contributed by atoms with Crippen molar-refractivity contribution < 1.29 is 14.1 Å². The summed E-state index contributed by atoms with van der Waals surface area (Å²) in [5.41, 5.74) is 2.17. The highest BCUT2D eigenvalue weighted by Crippen LogP contribution is 2.35. The molecule has 0 aliphatic carbocycles. The molecule has 1 heterocycles. The Morgan fingerprint density at radius 2 is 1.73 bits per heavy atom. The zero-order valence-corrected chi connectivity index (χ0v) is 19.9. The van der Waals surface area contributed by atoms with Crippen LogP contribution in [-0.2, 0) is 11.3 Å². The molecule has 1 aliphatic heterocycles. The predicted molar refractivity (Wildman–Crippen MR) is 127 cm³/mol. The van der Waals surface area contributed by atoms with E-state index in [1.165, 1.54) is 24.3 Å². The second kappa shape index (κ2) is 10.9. The largest absolute Gasteiger partial charge is 0.342 e. The normalized spacial score (nSPS) is 18.8. The number of non-ortho nitro benzene ring substituents is 1. The Balaban J connectivity index is 1.81. The molecule has 2 aromatic rings. The average molecular weight is 456 g/mol. The van der Waals surface area contributed by atoms with Gasteiger partial charge in [0, 0.05) is 56.7 Å². The number of benzene rings is 2. The lowest BCUT2D eigenvalue weighted by Gasteiger charge is -2.31. The topological polar surface area (TPSA) is 66.7 Å². The number of amides is 1. The monoisotopic (exact) mass is 455 g/mol. The predicted octanol–water partition coefficient (Wildman–Crippen LogP) is 5.09. The first-order valence-electron chi connectivity index (χ1n) is 11.6. The second-order valence-electron chi connectivity index (χ2n) is 9.83. The van der Waals surface area contributed by atoms with Crippen molar-refractivity contribution in [1.82, 2.24) is 9.80 Å². The maximum Gasteiger partial charge on any atom is 0.269 e. The molecule has 0 aromatic heterocycles. The lowest BCUT2D eigenvalue weighted by molar-refractivity contribution is -0.384. The highest BCUT2D eigenvalue weighted by Gasteiger charge is 2.36. The first-order valence-corrected chi connectivity index (χ1v) is 11.6. The Hall–Kier alpha value is -2.80. The minimum absolute atomic E-state index is 0.0642. The first kappa shape index (κ1) is 24.8. The van der Waals surface area contributed by atoms with Gasteiger partial charge in [-0.25, -0.2) is 4.39 Å². The van der Waals surface area contributed by atoms with Gasteiger partial charge < -0.3 is 4.90 Å². The summed E-state index contributed by atoms with van der Waals surface area (Å²) in [4.78, 5) is 27.8. The lowest BCUT2D eigenvalue weighted by Crippen LogP contribution is -2.41. The molecule has 2 unspecified atom stereocenters. The molecular formula is C26H34FN3O3. The van der Waals surface area contributed by atoms with Gasteiger partial charge in [0.05, 0.1) is 4.92 Å². The van der Waals surface area contributed by atoms with Crippen molar-refractivity contribution in [2.45, 2.75) is 40.2 Å². The smallest absolute Gasteiger partial charge is 0.269 e. The minimum Gasteiger partial charge on any atom is -0.342 e. The van der Waals surface area contributed by atoms with Crippen molar-refractivity contribution in [3.8, 4) is 0 Å². The Morgan fingerprint density at radius 3 is 2.27 bits per heavy atom. The summed E-state index contributed by atoms with van der Waals surface area (Å²) in [7, 11) is 0. The molecule has 1 saturated heterocycles. The van der Waals surface area contributed by atoms with Crippen molar-refractivity contribution in [3.05, 3.63) is 75.6 Å². The summed E-state index contributed by atoms with van der Waals surface area (Å²) in [5, 5.41) is 10.9. The van der Waals surface area contributed by atoms with Gasteiger partial charge in [0.15, 0.2) is 0 Å². The molecule has 3 rings (SSSR count). The van der Waals surface area contributed by atoms with E-state index < -0.39 is 4.92 Å². The second-order valence-corrected chi connectivity index (χ2v) is 9.83. The van der Waals surface area contributed by atoms with E-state index in [9.17, 15) is 19.3 Å². The highest BCUT2D eigenvalue weighted by atomic mass is 19.1. The van der Waals surface area contributed by atoms with Crippen LogP contribution < -0.4 is 0 Å². The highest BCUT2D eigenvalue weighted by molar-refractivity contribution is 5.78. The summed E-state index contributed by atoms with van der Waals surface area (Å²) < 4.78 is 13.6. The van der Waals surface area contributed by atoms with Crippen molar-refractivity contribution in [1.29, 1.82) is 0 Å². The van der Waals surface area contributed by atoms with Gasteiger partial charge in [0.25, 0.3) is 5.69 Å². The first-order chi connectivity index (χ1) is 15.6. The minimum atomic E-state index is -0.394. The number of hydrogen-bond donors (Lipinski definition) is 0. The van der Waals surface area contributed by atoms with Crippen molar-refractivity contribution >= 4 is 11.6 Å². The number of hydrogen-bond acceptors (Lipinski definition) is 4. The van der Waals surface area contributed by atoms with E-state index in [1.54, 1.807) is 12.1 Å². The van der Waals surface area contributed by atoms with Crippen LogP contribution in [0.15, 0.2) is 48.5 Å². The summed E-state index contributed by atoms with van der Waals surface area (Å²) in [5.74, 6) is 0.608. The standard InChI is InChI=1S/C26H34FN3O3/c1-18(2)13-29(26(31)19(3)4)16-22-15-28(14-20-5-11-24(12-6-20)30(32)33)17-25(22)21-7-9-23(27)10-8-21/h5-12,18-19,22,25H,13-17H2,1-4H3. The van der Waals surface area contributed by atoms with E-state index in [4.69, 9.17) is 0 Å². The number of carbonyl (C=O) groups excluding carboxylic acids is 1. The number of rotatable bonds is 9. The summed E-state index contributed by atoms with van der Waals surface area (Å²) >= 11 is 0. The molecule has 0 saturated carbocycles. The van der Waals surface area contributed by atoms with Crippen LogP contribution in [0, 0.1) is 33.7 Å². The molecule has 0 N–H and O–H groups in total. The van der Waals surface area contributed by atoms with Gasteiger partial charge in [-0.15, -0.1) is 0 Å². The third-order valence-electron chi connectivity index (χ3n) is 6.21. The average Bonchev–Trinajstić information content (AvgIpc) is 3.15. The number of halogens is 1. The van der Waals surface area contributed by atoms with E-state index in [2.05, 4.69) is 18.7 Å². The number of carbonyl (C=O) groups is 1. The van der Waals surface area contributed by atoms with Gasteiger partial charge in [-0.2, -0.15) is 0 Å². The Morgan fingerprint density at radius 1 is 1.09 bits per heavy atom. The third kappa shape index (κ3) is 6.60. The van der Waals surface area contributed by atoms with Crippen molar-refractivity contribution in [2.75, 3.05) is 26.2 Å². The molecular weight excluding hydrogens is 421 g/mol. The quantitative estimate of drug-likeness (QED) is 0.390. The van der Waals surface area contributed by atoms with Crippen LogP contribution in [0.1, 0.15) is 44.7 Å². The number of likely N-dealkylation sites (tertiary alicyclic amines) is 1. The molecule has 0 radical (unpaired) electrons. The van der Waals surface area contributed by atoms with Crippen LogP contribution in [0.5, 0.6) is 0 Å². The summed E-state index contributed by atoms with van der Waals surface area (Å²) in [6.45, 7) is 11.7. The number of nitro groups is 1. The molecule has 1 amide bonds. The maximum absolute atomic E-state index is 13.6. The molecule has 178 valence electrons. The van der Waals surface area contributed by atoms with Crippen molar-refractivity contribution in [2.24, 2.45) is 17.8 Å². The van der Waals surface area contributed by atoms with Crippen LogP contribution in [-0.4, -0.2) is 46.8 Å². The van der Waals surface area contributed by atoms with Crippen LogP contribution >= 0.6 is 0 Å². The van der Waals surface area contributed by atoms with E-state index >= 15 is 0 Å². The summed E-state index contributed by atoms with van der Waals surface area (Å²) in [6.07, 6.45) is 0. The Bertz CT molecular complexity index is 944. The maximum atomic E-state index is 13.6. The fraction of sp³-hybridized carbons (Fsp3) is 0.500. The third-order valence-corrected chi connectivity index (χ3v) is 6.21. The lowest BCUT2D eigenvalue weighted by atomic mass is 9.88. The summed E-state index contributed by atoms with van der Waals surface area (Å²) in [6, 6.07) is 13.3. The molecule has 6 nitrogen and oxygen atoms in total. The fourth-order valence-electron chi connectivity index (χ4n) is 4.69. The molecule has 33 heavy (non-hydrogen) atoms. The molecule has 1 fully saturated rings. The van der Waals surface area contributed by atoms with Gasteiger partial charge in [0.2, 0.25) is 5.91 Å². The van der Waals surface area contributed by atoms with Crippen LogP contribution in [0.3, 0.4) is 0 Å². The van der Waals surface area contributed by atoms with Crippen molar-refractivity contribution in [3.63, 3.8) is 0 Å². The number of nitrogens with zero attached hydrogens (tertiary/aromatic N) is 3. The fourth-order valence-corrected chi connectivity index (χ4v) is 4.69. The Kier molecular flexibility index (Phi) is 8.19. The van der Waals surface area contributed by atoms with E-state index in [0.29, 0.717) is 25.6 Å². The van der Waals surface area contributed by atoms with E-state index in [0.717, 1.165) is 24.2 Å². The van der Waals surface area contributed by atoms with Crippen LogP contribution in [0.25, 0.3) is 0 Å². The zero-order valence-electron chi connectivity index (χ0n) is 19.9. The molecule has 2 atom stereocenters. The van der Waals surface area contributed by atoms with E-state index in [1.807, 2.05) is 30.9 Å². The zero-order chi connectivity index (χ0) is 24.1.